The summed E-state index contributed by atoms with van der Waals surface area (Å²) in [4.78, 5) is 12.4. The normalized spacial score (nSPS) is 11.7. The molecule has 122 valence electrons. The molecule has 0 unspecified atom stereocenters. The first-order valence-electron chi connectivity index (χ1n) is 7.60. The summed E-state index contributed by atoms with van der Waals surface area (Å²) < 4.78 is 11.1. The molecule has 4 nitrogen and oxygen atoms in total. The van der Waals surface area contributed by atoms with E-state index in [-0.39, 0.29) is 5.91 Å². The molecule has 1 amide bonds. The van der Waals surface area contributed by atoms with E-state index >= 15 is 0 Å². The zero-order valence-corrected chi connectivity index (χ0v) is 14.3. The van der Waals surface area contributed by atoms with Crippen LogP contribution in [-0.2, 0) is 4.79 Å². The van der Waals surface area contributed by atoms with Crippen LogP contribution in [0.3, 0.4) is 0 Å². The zero-order valence-electron chi connectivity index (χ0n) is 14.3. The Morgan fingerprint density at radius 2 is 1.83 bits per heavy atom. The van der Waals surface area contributed by atoms with E-state index in [1.165, 1.54) is 0 Å². The van der Waals surface area contributed by atoms with Crippen LogP contribution in [0.5, 0.6) is 11.5 Å². The first-order chi connectivity index (χ1) is 10.9. The molecule has 0 aliphatic rings. The van der Waals surface area contributed by atoms with E-state index < -0.39 is 6.10 Å². The van der Waals surface area contributed by atoms with Gasteiger partial charge in [-0.1, -0.05) is 18.2 Å². The maximum atomic E-state index is 12.4. The Balaban J connectivity index is 2.11. The van der Waals surface area contributed by atoms with Crippen LogP contribution in [0.15, 0.2) is 36.4 Å². The van der Waals surface area contributed by atoms with Crippen molar-refractivity contribution in [1.82, 2.24) is 0 Å². The Morgan fingerprint density at radius 1 is 1.09 bits per heavy atom. The predicted octanol–water partition coefficient (Wildman–Crippen LogP) is 4.03. The summed E-state index contributed by atoms with van der Waals surface area (Å²) in [5.41, 5.74) is 3.87. The number of ether oxygens (including phenoxy) is 2. The molecule has 0 bridgehead atoms. The van der Waals surface area contributed by atoms with Gasteiger partial charge < -0.3 is 14.8 Å². The number of anilines is 1. The van der Waals surface area contributed by atoms with Gasteiger partial charge in [-0.2, -0.15) is 0 Å². The van der Waals surface area contributed by atoms with Crippen molar-refractivity contribution < 1.29 is 14.3 Å². The van der Waals surface area contributed by atoms with Gasteiger partial charge >= 0.3 is 0 Å². The van der Waals surface area contributed by atoms with Gasteiger partial charge in [-0.15, -0.1) is 0 Å². The van der Waals surface area contributed by atoms with Gasteiger partial charge in [0.15, 0.2) is 6.10 Å². The van der Waals surface area contributed by atoms with Crippen molar-refractivity contribution in [3.63, 3.8) is 0 Å². The van der Waals surface area contributed by atoms with Crippen molar-refractivity contribution in [2.45, 2.75) is 33.8 Å². The van der Waals surface area contributed by atoms with Crippen molar-refractivity contribution in [3.8, 4) is 11.5 Å². The Morgan fingerprint density at radius 3 is 2.52 bits per heavy atom. The molecule has 2 rings (SSSR count). The molecule has 0 spiro atoms. The summed E-state index contributed by atoms with van der Waals surface area (Å²) in [6.07, 6.45) is -0.610. The van der Waals surface area contributed by atoms with E-state index in [2.05, 4.69) is 5.32 Å². The largest absolute Gasteiger partial charge is 0.495 e. The lowest BCUT2D eigenvalue weighted by Gasteiger charge is -2.18. The van der Waals surface area contributed by atoms with E-state index in [9.17, 15) is 4.79 Å². The highest BCUT2D eigenvalue weighted by Gasteiger charge is 2.18. The molecule has 0 saturated heterocycles. The molecule has 2 aromatic carbocycles. The standard InChI is InChI=1S/C19H23NO3/c1-12-9-10-18(22-5)16(11-12)20-19(21)15(4)23-17-8-6-7-13(2)14(17)3/h6-11,15H,1-5H3,(H,20,21)/t15-/m0/s1. The molecule has 0 radical (unpaired) electrons. The summed E-state index contributed by atoms with van der Waals surface area (Å²) in [5, 5.41) is 2.87. The molecule has 0 fully saturated rings. The van der Waals surface area contributed by atoms with Crippen molar-refractivity contribution in [2.75, 3.05) is 12.4 Å². The molecule has 1 atom stereocenters. The second-order valence-electron chi connectivity index (χ2n) is 5.65. The zero-order chi connectivity index (χ0) is 17.0. The smallest absolute Gasteiger partial charge is 0.265 e. The van der Waals surface area contributed by atoms with Gasteiger partial charge in [0.25, 0.3) is 5.91 Å². The molecule has 1 N–H and O–H groups in total. The number of benzene rings is 2. The van der Waals surface area contributed by atoms with E-state index in [1.54, 1.807) is 14.0 Å². The number of aryl methyl sites for hydroxylation is 2. The monoisotopic (exact) mass is 313 g/mol. The van der Waals surface area contributed by atoms with Gasteiger partial charge in [-0.25, -0.2) is 0 Å². The number of nitrogens with one attached hydrogen (secondary N) is 1. The average molecular weight is 313 g/mol. The third kappa shape index (κ3) is 4.03. The number of rotatable bonds is 5. The summed E-state index contributed by atoms with van der Waals surface area (Å²) >= 11 is 0. The Bertz CT molecular complexity index is 710. The second-order valence-corrected chi connectivity index (χ2v) is 5.65. The lowest BCUT2D eigenvalue weighted by atomic mass is 10.1. The van der Waals surface area contributed by atoms with Crippen molar-refractivity contribution in [1.29, 1.82) is 0 Å². The van der Waals surface area contributed by atoms with Gasteiger partial charge in [0.2, 0.25) is 0 Å². The van der Waals surface area contributed by atoms with Crippen molar-refractivity contribution >= 4 is 11.6 Å². The Labute approximate surface area is 137 Å². The van der Waals surface area contributed by atoms with E-state index in [4.69, 9.17) is 9.47 Å². The molecule has 23 heavy (non-hydrogen) atoms. The Hall–Kier alpha value is -2.49. The molecule has 4 heteroatoms. The summed E-state index contributed by atoms with van der Waals surface area (Å²) in [6, 6.07) is 11.5. The number of hydrogen-bond donors (Lipinski definition) is 1. The Kier molecular flexibility index (Phi) is 5.27. The fourth-order valence-corrected chi connectivity index (χ4v) is 2.25. The molecule has 0 aliphatic heterocycles. The lowest BCUT2D eigenvalue weighted by Crippen LogP contribution is -2.30. The highest BCUT2D eigenvalue weighted by Crippen LogP contribution is 2.26. The third-order valence-corrected chi connectivity index (χ3v) is 3.84. The minimum absolute atomic E-state index is 0.213. The van der Waals surface area contributed by atoms with Crippen LogP contribution in [0.1, 0.15) is 23.6 Å². The predicted molar refractivity (Wildman–Crippen MR) is 92.4 cm³/mol. The van der Waals surface area contributed by atoms with Gasteiger partial charge in [0.1, 0.15) is 11.5 Å². The van der Waals surface area contributed by atoms with Crippen LogP contribution in [-0.4, -0.2) is 19.1 Å². The maximum absolute atomic E-state index is 12.4. The van der Waals surface area contributed by atoms with E-state index in [1.807, 2.05) is 57.2 Å². The summed E-state index contributed by atoms with van der Waals surface area (Å²) in [6.45, 7) is 7.70. The fraction of sp³-hybridized carbons (Fsp3) is 0.316. The van der Waals surface area contributed by atoms with Crippen molar-refractivity contribution in [3.05, 3.63) is 53.1 Å². The third-order valence-electron chi connectivity index (χ3n) is 3.84. The topological polar surface area (TPSA) is 47.6 Å². The number of carbonyl (C=O) groups is 1. The maximum Gasteiger partial charge on any atom is 0.265 e. The molecular weight excluding hydrogens is 290 g/mol. The molecule has 0 heterocycles. The van der Waals surface area contributed by atoms with Crippen LogP contribution in [0.25, 0.3) is 0 Å². The lowest BCUT2D eigenvalue weighted by molar-refractivity contribution is -0.122. The molecule has 0 aliphatic carbocycles. The average Bonchev–Trinajstić information content (AvgIpc) is 2.52. The SMILES string of the molecule is COc1ccc(C)cc1NC(=O)[C@H](C)Oc1cccc(C)c1C. The molecule has 0 aromatic heterocycles. The summed E-state index contributed by atoms with van der Waals surface area (Å²) in [7, 11) is 1.58. The number of hydrogen-bond acceptors (Lipinski definition) is 3. The fourth-order valence-electron chi connectivity index (χ4n) is 2.25. The van der Waals surface area contributed by atoms with Crippen LogP contribution >= 0.6 is 0 Å². The summed E-state index contributed by atoms with van der Waals surface area (Å²) in [5.74, 6) is 1.14. The van der Waals surface area contributed by atoms with Gasteiger partial charge in [-0.3, -0.25) is 4.79 Å². The van der Waals surface area contributed by atoms with E-state index in [0.29, 0.717) is 11.4 Å². The second kappa shape index (κ2) is 7.18. The van der Waals surface area contributed by atoms with Gasteiger partial charge in [0, 0.05) is 0 Å². The van der Waals surface area contributed by atoms with Crippen molar-refractivity contribution in [2.24, 2.45) is 0 Å². The van der Waals surface area contributed by atoms with Crippen LogP contribution in [0, 0.1) is 20.8 Å². The molecule has 0 saturated carbocycles. The van der Waals surface area contributed by atoms with Crippen LogP contribution in [0.2, 0.25) is 0 Å². The van der Waals surface area contributed by atoms with Gasteiger partial charge in [-0.05, 0) is 62.6 Å². The first kappa shape index (κ1) is 16.9. The van der Waals surface area contributed by atoms with Crippen LogP contribution < -0.4 is 14.8 Å². The molecular formula is C19H23NO3. The molecule has 2 aromatic rings. The van der Waals surface area contributed by atoms with Crippen LogP contribution in [0.4, 0.5) is 5.69 Å². The number of carbonyl (C=O) groups excluding carboxylic acids is 1. The number of methoxy groups -OCH3 is 1. The highest BCUT2D eigenvalue weighted by molar-refractivity contribution is 5.95. The minimum Gasteiger partial charge on any atom is -0.495 e. The quantitative estimate of drug-likeness (QED) is 0.906. The highest BCUT2D eigenvalue weighted by atomic mass is 16.5. The van der Waals surface area contributed by atoms with Gasteiger partial charge in [0.05, 0.1) is 12.8 Å². The number of amides is 1. The first-order valence-corrected chi connectivity index (χ1v) is 7.60. The van der Waals surface area contributed by atoms with E-state index in [0.717, 1.165) is 22.4 Å². The minimum atomic E-state index is -0.610.